The lowest BCUT2D eigenvalue weighted by molar-refractivity contribution is -0.145. The van der Waals surface area contributed by atoms with E-state index in [0.29, 0.717) is 5.75 Å². The van der Waals surface area contributed by atoms with Crippen molar-refractivity contribution in [1.82, 2.24) is 0 Å². The Balaban J connectivity index is 2.24. The van der Waals surface area contributed by atoms with Crippen molar-refractivity contribution in [1.29, 1.82) is 0 Å². The molecule has 0 bridgehead atoms. The summed E-state index contributed by atoms with van der Waals surface area (Å²) in [7, 11) is 0. The van der Waals surface area contributed by atoms with Crippen LogP contribution in [0.25, 0.3) is 0 Å². The van der Waals surface area contributed by atoms with E-state index in [1.807, 2.05) is 13.0 Å². The summed E-state index contributed by atoms with van der Waals surface area (Å²) in [6.07, 6.45) is 1.39. The molecular formula is C20H28O3. The minimum atomic E-state index is -0.573. The molecule has 23 heavy (non-hydrogen) atoms. The maximum Gasteiger partial charge on any atom is 0.146 e. The summed E-state index contributed by atoms with van der Waals surface area (Å²) >= 11 is 0. The number of aromatic hydroxyl groups is 1. The van der Waals surface area contributed by atoms with Crippen molar-refractivity contribution < 1.29 is 15.0 Å². The van der Waals surface area contributed by atoms with Crippen LogP contribution in [0.2, 0.25) is 0 Å². The summed E-state index contributed by atoms with van der Waals surface area (Å²) < 4.78 is 0. The molecule has 0 unspecified atom stereocenters. The summed E-state index contributed by atoms with van der Waals surface area (Å²) in [5.41, 5.74) is 2.36. The number of phenols is 1. The predicted octanol–water partition coefficient (Wildman–Crippen LogP) is 3.70. The zero-order valence-corrected chi connectivity index (χ0v) is 14.8. The number of phenolic OH excluding ortho intramolecular Hbond substituents is 1. The topological polar surface area (TPSA) is 57.5 Å². The van der Waals surface area contributed by atoms with E-state index in [9.17, 15) is 15.0 Å². The maximum absolute atomic E-state index is 13.0. The number of carbonyl (C=O) groups excluding carboxylic acids is 1. The molecule has 0 amide bonds. The van der Waals surface area contributed by atoms with Gasteiger partial charge in [0.05, 0.1) is 11.5 Å². The molecule has 0 aromatic heterocycles. The van der Waals surface area contributed by atoms with Gasteiger partial charge in [0, 0.05) is 6.42 Å². The number of hydrogen-bond acceptors (Lipinski definition) is 3. The molecule has 0 spiro atoms. The number of fused-ring (bicyclic) bond motifs is 3. The Bertz CT molecular complexity index is 659. The van der Waals surface area contributed by atoms with Crippen molar-refractivity contribution in [2.75, 3.05) is 0 Å². The van der Waals surface area contributed by atoms with Crippen LogP contribution in [0, 0.1) is 11.3 Å². The quantitative estimate of drug-likeness (QED) is 0.830. The van der Waals surface area contributed by atoms with E-state index in [-0.39, 0.29) is 29.5 Å². The summed E-state index contributed by atoms with van der Waals surface area (Å²) in [4.78, 5) is 13.0. The molecule has 1 fully saturated rings. The van der Waals surface area contributed by atoms with E-state index < -0.39 is 11.5 Å². The minimum Gasteiger partial charge on any atom is -0.508 e. The lowest BCUT2D eigenvalue weighted by Crippen LogP contribution is -2.58. The van der Waals surface area contributed by atoms with Gasteiger partial charge in [-0.05, 0) is 59.8 Å². The fraction of sp³-hybridized carbons (Fsp3) is 0.650. The number of hydrogen-bond donors (Lipinski definition) is 2. The van der Waals surface area contributed by atoms with Crippen LogP contribution < -0.4 is 0 Å². The van der Waals surface area contributed by atoms with Crippen LogP contribution in [-0.4, -0.2) is 22.1 Å². The normalized spacial score (nSPS) is 32.6. The lowest BCUT2D eigenvalue weighted by atomic mass is 9.48. The molecular weight excluding hydrogens is 288 g/mol. The van der Waals surface area contributed by atoms with Crippen LogP contribution in [0.15, 0.2) is 12.1 Å². The van der Waals surface area contributed by atoms with Crippen molar-refractivity contribution >= 4 is 5.78 Å². The molecule has 3 nitrogen and oxygen atoms in total. The Morgan fingerprint density at radius 1 is 1.22 bits per heavy atom. The molecule has 0 heterocycles. The molecule has 1 saturated carbocycles. The molecule has 2 N–H and O–H groups in total. The van der Waals surface area contributed by atoms with Crippen LogP contribution in [0.4, 0.5) is 0 Å². The number of benzene rings is 1. The average Bonchev–Trinajstić information content (AvgIpc) is 2.44. The average molecular weight is 316 g/mol. The van der Waals surface area contributed by atoms with Gasteiger partial charge in [-0.2, -0.15) is 0 Å². The first-order chi connectivity index (χ1) is 10.6. The van der Waals surface area contributed by atoms with Gasteiger partial charge in [-0.15, -0.1) is 0 Å². The lowest BCUT2D eigenvalue weighted by Gasteiger charge is -2.55. The first kappa shape index (κ1) is 16.5. The number of aliphatic hydroxyl groups is 1. The fourth-order valence-corrected chi connectivity index (χ4v) is 5.16. The molecule has 0 saturated heterocycles. The number of carbonyl (C=O) groups is 1. The Morgan fingerprint density at radius 3 is 2.48 bits per heavy atom. The Hall–Kier alpha value is -1.35. The third-order valence-electron chi connectivity index (χ3n) is 6.57. The van der Waals surface area contributed by atoms with Gasteiger partial charge in [0.1, 0.15) is 11.5 Å². The maximum atomic E-state index is 13.0. The monoisotopic (exact) mass is 316 g/mol. The first-order valence-electron chi connectivity index (χ1n) is 8.68. The van der Waals surface area contributed by atoms with Gasteiger partial charge in [0.15, 0.2) is 0 Å². The Morgan fingerprint density at radius 2 is 1.87 bits per heavy atom. The van der Waals surface area contributed by atoms with Crippen LogP contribution in [0.3, 0.4) is 0 Å². The van der Waals surface area contributed by atoms with E-state index in [1.54, 1.807) is 6.07 Å². The highest BCUT2D eigenvalue weighted by atomic mass is 16.3. The van der Waals surface area contributed by atoms with Gasteiger partial charge in [-0.1, -0.05) is 33.8 Å². The molecule has 126 valence electrons. The van der Waals surface area contributed by atoms with E-state index in [2.05, 4.69) is 27.7 Å². The molecule has 1 aromatic carbocycles. The summed E-state index contributed by atoms with van der Waals surface area (Å²) in [5.74, 6) is 0.824. The molecule has 0 aliphatic heterocycles. The molecule has 0 radical (unpaired) electrons. The molecule has 3 heteroatoms. The summed E-state index contributed by atoms with van der Waals surface area (Å²) in [6.45, 7) is 10.4. The molecule has 3 rings (SSSR count). The molecule has 2 aliphatic carbocycles. The van der Waals surface area contributed by atoms with Crippen LogP contribution in [0.1, 0.15) is 70.1 Å². The highest BCUT2D eigenvalue weighted by molar-refractivity contribution is 5.92. The van der Waals surface area contributed by atoms with Crippen molar-refractivity contribution in [2.45, 2.75) is 71.3 Å². The van der Waals surface area contributed by atoms with Crippen molar-refractivity contribution in [3.8, 4) is 5.75 Å². The van der Waals surface area contributed by atoms with Crippen LogP contribution in [-0.2, 0) is 16.6 Å². The highest BCUT2D eigenvalue weighted by Crippen LogP contribution is 2.56. The molecule has 3 atom stereocenters. The smallest absolute Gasteiger partial charge is 0.146 e. The van der Waals surface area contributed by atoms with E-state index in [1.165, 1.54) is 0 Å². The second-order valence-electron chi connectivity index (χ2n) is 8.44. The van der Waals surface area contributed by atoms with Crippen molar-refractivity contribution in [2.24, 2.45) is 11.3 Å². The molecule has 1 aromatic rings. The second-order valence-corrected chi connectivity index (χ2v) is 8.44. The van der Waals surface area contributed by atoms with Crippen molar-refractivity contribution in [3.05, 3.63) is 28.8 Å². The van der Waals surface area contributed by atoms with Gasteiger partial charge >= 0.3 is 0 Å². The Kier molecular flexibility index (Phi) is 3.64. The second kappa shape index (κ2) is 5.07. The zero-order valence-electron chi connectivity index (χ0n) is 14.8. The largest absolute Gasteiger partial charge is 0.508 e. The Labute approximate surface area is 138 Å². The standard InChI is InChI=1S/C20H28O3/c1-11(2)18-12-6-9-15-19(3,4)16(22)10-17(23)20(15,5)13(12)7-8-14(18)21/h7-8,11,15-16,21-22H,6,9-10H2,1-5H3/t15-,16-,20+/m0/s1. The van der Waals surface area contributed by atoms with E-state index in [4.69, 9.17) is 0 Å². The van der Waals surface area contributed by atoms with Crippen LogP contribution in [0.5, 0.6) is 5.75 Å². The van der Waals surface area contributed by atoms with Gasteiger partial charge in [0.25, 0.3) is 0 Å². The van der Waals surface area contributed by atoms with Gasteiger partial charge < -0.3 is 10.2 Å². The molecule has 2 aliphatic rings. The first-order valence-corrected chi connectivity index (χ1v) is 8.68. The number of aliphatic hydroxyl groups excluding tert-OH is 1. The SMILES string of the molecule is CC(C)c1c(O)ccc2c1CC[C@H]1C(C)(C)[C@@H](O)CC(=O)[C@]21C. The van der Waals surface area contributed by atoms with E-state index in [0.717, 1.165) is 29.5 Å². The number of Topliss-reactive ketones (excluding diaryl/α,β-unsaturated/α-hetero) is 1. The fourth-order valence-electron chi connectivity index (χ4n) is 5.16. The van der Waals surface area contributed by atoms with E-state index >= 15 is 0 Å². The third-order valence-corrected chi connectivity index (χ3v) is 6.57. The summed E-state index contributed by atoms with van der Waals surface area (Å²) in [5, 5.41) is 20.7. The van der Waals surface area contributed by atoms with Gasteiger partial charge in [-0.25, -0.2) is 0 Å². The summed E-state index contributed by atoms with van der Waals surface area (Å²) in [6, 6.07) is 3.68. The minimum absolute atomic E-state index is 0.128. The van der Waals surface area contributed by atoms with Gasteiger partial charge in [-0.3, -0.25) is 4.79 Å². The zero-order chi connectivity index (χ0) is 17.2. The van der Waals surface area contributed by atoms with Crippen LogP contribution >= 0.6 is 0 Å². The third kappa shape index (κ3) is 2.09. The number of ketones is 1. The van der Waals surface area contributed by atoms with Gasteiger partial charge in [0.2, 0.25) is 0 Å². The highest BCUT2D eigenvalue weighted by Gasteiger charge is 2.58. The van der Waals surface area contributed by atoms with Crippen molar-refractivity contribution in [3.63, 3.8) is 0 Å². The predicted molar refractivity (Wildman–Crippen MR) is 90.8 cm³/mol. The number of rotatable bonds is 1.